The van der Waals surface area contributed by atoms with Crippen LogP contribution in [0.1, 0.15) is 43.2 Å². The first-order valence-corrected chi connectivity index (χ1v) is 16.3. The van der Waals surface area contributed by atoms with Gasteiger partial charge in [0.1, 0.15) is 0 Å². The summed E-state index contributed by atoms with van der Waals surface area (Å²) in [4.78, 5) is 8.89. The van der Waals surface area contributed by atoms with E-state index in [0.29, 0.717) is 11.3 Å². The van der Waals surface area contributed by atoms with Gasteiger partial charge in [-0.05, 0) is 55.3 Å². The van der Waals surface area contributed by atoms with E-state index in [1.807, 2.05) is 0 Å². The van der Waals surface area contributed by atoms with E-state index in [1.165, 1.54) is 32.3 Å². The van der Waals surface area contributed by atoms with Gasteiger partial charge in [-0.2, -0.15) is 35.4 Å². The summed E-state index contributed by atoms with van der Waals surface area (Å²) in [6, 6.07) is 54.7. The number of carbonyl (C=O) groups is 1. The minimum Gasteiger partial charge on any atom is -0.550 e. The zero-order valence-electron chi connectivity index (χ0n) is 23.5. The third kappa shape index (κ3) is 9.04. The molecule has 5 rings (SSSR count). The van der Waals surface area contributed by atoms with Crippen LogP contribution in [-0.2, 0) is 25.2 Å². The minimum absolute atomic E-state index is 0. The molecule has 0 spiro atoms. The zero-order chi connectivity index (χ0) is 28.3. The molecule has 0 aromatic heterocycles. The van der Waals surface area contributed by atoms with Crippen LogP contribution in [0.2, 0.25) is 0 Å². The monoisotopic (exact) mass is 666 g/mol. The van der Waals surface area contributed by atoms with Crippen LogP contribution in [0, 0.1) is 6.07 Å². The molecule has 0 aliphatic heterocycles. The van der Waals surface area contributed by atoms with E-state index in [-0.39, 0.29) is 20.4 Å². The van der Waals surface area contributed by atoms with Gasteiger partial charge in [-0.25, -0.2) is 0 Å². The first kappa shape index (κ1) is 32.6. The Kier molecular flexibility index (Phi) is 13.1. The SMILES string of the molecule is CC(=O)[O-].C[C@@H](c1[c-]c([C@H](C)P(c2ccccc2)c2ccccc2)ccc1)P(c1ccccc1)c1ccccc1.[Pd+2]. The molecule has 0 aliphatic rings. The molecule has 0 saturated heterocycles. The Morgan fingerprint density at radius 2 is 0.780 bits per heavy atom. The standard InChI is InChI=1S/C34H31P2.C2H4O2.Pd/c1-27(35(31-18-7-3-8-19-31)32-20-9-4-10-21-32)29-16-15-17-30(26-29)28(2)36(33-22-11-5-12-23-33)34-24-13-6-14-25-34;1-2(3)4;/h3-25,27-28H,1-2H3;1H3,(H,3,4);/q-1;;+2/p-1/t27-,28-;;/m0../s1. The molecule has 0 fully saturated rings. The second-order valence-electron chi connectivity index (χ2n) is 9.49. The number of carboxylic acids is 1. The average molecular weight is 667 g/mol. The Morgan fingerprint density at radius 3 is 1.02 bits per heavy atom. The first-order valence-electron chi connectivity index (χ1n) is 13.4. The Morgan fingerprint density at radius 1 is 0.537 bits per heavy atom. The summed E-state index contributed by atoms with van der Waals surface area (Å²) in [5, 5.41) is 14.5. The molecule has 0 saturated carbocycles. The number of benzene rings is 5. The van der Waals surface area contributed by atoms with Crippen molar-refractivity contribution >= 4 is 43.0 Å². The topological polar surface area (TPSA) is 40.1 Å². The third-order valence-electron chi connectivity index (χ3n) is 6.65. The molecule has 210 valence electrons. The van der Waals surface area contributed by atoms with Gasteiger partial charge in [0.25, 0.3) is 0 Å². The molecule has 5 aromatic carbocycles. The van der Waals surface area contributed by atoms with Crippen molar-refractivity contribution in [2.45, 2.75) is 32.1 Å². The van der Waals surface area contributed by atoms with Crippen LogP contribution < -0.4 is 26.3 Å². The molecular weight excluding hydrogens is 633 g/mol. The van der Waals surface area contributed by atoms with E-state index in [9.17, 15) is 0 Å². The smallest absolute Gasteiger partial charge is 0.550 e. The molecule has 0 N–H and O–H groups in total. The van der Waals surface area contributed by atoms with Gasteiger partial charge in [-0.15, -0.1) is 0 Å². The Labute approximate surface area is 261 Å². The predicted octanol–water partition coefficient (Wildman–Crippen LogP) is 6.63. The number of rotatable bonds is 8. The molecule has 41 heavy (non-hydrogen) atoms. The van der Waals surface area contributed by atoms with Crippen molar-refractivity contribution in [1.82, 2.24) is 0 Å². The molecule has 0 amide bonds. The summed E-state index contributed by atoms with van der Waals surface area (Å²) in [7, 11) is -1.10. The van der Waals surface area contributed by atoms with Gasteiger partial charge in [0.15, 0.2) is 0 Å². The van der Waals surface area contributed by atoms with E-state index in [2.05, 4.69) is 159 Å². The van der Waals surface area contributed by atoms with Crippen LogP contribution in [0.25, 0.3) is 0 Å². The van der Waals surface area contributed by atoms with Crippen LogP contribution >= 0.6 is 15.8 Å². The normalized spacial score (nSPS) is 12.0. The number of hydrogen-bond donors (Lipinski definition) is 0. The summed E-state index contributed by atoms with van der Waals surface area (Å²) in [5.74, 6) is -1.08. The molecule has 0 unspecified atom stereocenters. The molecule has 0 bridgehead atoms. The van der Waals surface area contributed by atoms with E-state index in [4.69, 9.17) is 9.90 Å². The van der Waals surface area contributed by atoms with Crippen LogP contribution in [0.5, 0.6) is 0 Å². The van der Waals surface area contributed by atoms with Gasteiger partial charge < -0.3 is 9.90 Å². The molecule has 0 heterocycles. The molecule has 2 nitrogen and oxygen atoms in total. The fraction of sp³-hybridized carbons (Fsp3) is 0.139. The van der Waals surface area contributed by atoms with Crippen molar-refractivity contribution in [3.63, 3.8) is 0 Å². The van der Waals surface area contributed by atoms with Gasteiger partial charge in [0.05, 0.1) is 0 Å². The largest absolute Gasteiger partial charge is 2.00 e. The van der Waals surface area contributed by atoms with Gasteiger partial charge in [-0.3, -0.25) is 0 Å². The van der Waals surface area contributed by atoms with Crippen molar-refractivity contribution in [1.29, 1.82) is 0 Å². The van der Waals surface area contributed by atoms with Crippen LogP contribution in [-0.4, -0.2) is 5.97 Å². The third-order valence-corrected chi connectivity index (χ3v) is 12.2. The minimum atomic E-state index is -1.08. The quantitative estimate of drug-likeness (QED) is 0.106. The predicted molar refractivity (Wildman–Crippen MR) is 171 cm³/mol. The number of carbonyl (C=O) groups excluding carboxylic acids is 1. The summed E-state index contributed by atoms with van der Waals surface area (Å²) < 4.78 is 0. The van der Waals surface area contributed by atoms with Gasteiger partial charge in [0, 0.05) is 5.97 Å². The second-order valence-corrected chi connectivity index (χ2v) is 14.6. The Balaban J connectivity index is 0.000000869. The van der Waals surface area contributed by atoms with E-state index >= 15 is 0 Å². The molecule has 5 heteroatoms. The summed E-state index contributed by atoms with van der Waals surface area (Å²) >= 11 is 0. The van der Waals surface area contributed by atoms with Gasteiger partial charge in [-0.1, -0.05) is 135 Å². The second kappa shape index (κ2) is 16.5. The number of hydrogen-bond acceptors (Lipinski definition) is 2. The maximum atomic E-state index is 8.89. The van der Waals surface area contributed by atoms with Crippen molar-refractivity contribution < 1.29 is 30.3 Å². The number of aliphatic carboxylic acids is 1. The molecule has 5 aromatic rings. The van der Waals surface area contributed by atoms with E-state index in [0.717, 1.165) is 6.92 Å². The molecule has 0 aliphatic carbocycles. The fourth-order valence-electron chi connectivity index (χ4n) is 4.82. The van der Waals surface area contributed by atoms with Gasteiger partial charge in [0.2, 0.25) is 0 Å². The summed E-state index contributed by atoms with van der Waals surface area (Å²) in [6.07, 6.45) is 0. The summed E-state index contributed by atoms with van der Waals surface area (Å²) in [6.45, 7) is 5.73. The van der Waals surface area contributed by atoms with Crippen LogP contribution in [0.4, 0.5) is 0 Å². The van der Waals surface area contributed by atoms with E-state index < -0.39 is 21.8 Å². The Bertz CT molecular complexity index is 1280. The van der Waals surface area contributed by atoms with Crippen molar-refractivity contribution in [2.75, 3.05) is 0 Å². The van der Waals surface area contributed by atoms with E-state index in [1.54, 1.807) is 0 Å². The molecular formula is C36H34O2P2Pd. The zero-order valence-corrected chi connectivity index (χ0v) is 26.8. The first-order chi connectivity index (χ1) is 19.5. The maximum absolute atomic E-state index is 8.89. The Hall–Kier alpha value is -2.91. The summed E-state index contributed by atoms with van der Waals surface area (Å²) in [5.41, 5.74) is 3.32. The van der Waals surface area contributed by atoms with Crippen molar-refractivity contribution in [2.24, 2.45) is 0 Å². The van der Waals surface area contributed by atoms with Crippen LogP contribution in [0.3, 0.4) is 0 Å². The fourth-order valence-corrected chi connectivity index (χ4v) is 10.0. The van der Waals surface area contributed by atoms with Crippen molar-refractivity contribution in [3.05, 3.63) is 157 Å². The van der Waals surface area contributed by atoms with Crippen LogP contribution in [0.15, 0.2) is 140 Å². The maximum Gasteiger partial charge on any atom is 2.00 e. The molecule has 0 radical (unpaired) electrons. The average Bonchev–Trinajstić information content (AvgIpc) is 2.99. The van der Waals surface area contributed by atoms with Crippen molar-refractivity contribution in [3.8, 4) is 0 Å². The van der Waals surface area contributed by atoms with Gasteiger partial charge >= 0.3 is 20.4 Å². The number of carboxylic acid groups (broad SMARTS) is 1. The molecule has 2 atom stereocenters.